The number of ketones is 1. The zero-order valence-electron chi connectivity index (χ0n) is 7.05. The second-order valence-electron chi connectivity index (χ2n) is 3.17. The number of hydrogen-bond acceptors (Lipinski definition) is 2. The SMILES string of the molecule is C=CCN1CCC(=O)C(C)C1. The van der Waals surface area contributed by atoms with Crippen LogP contribution >= 0.6 is 0 Å². The van der Waals surface area contributed by atoms with E-state index in [0.717, 1.165) is 26.1 Å². The molecule has 62 valence electrons. The topological polar surface area (TPSA) is 20.3 Å². The molecule has 1 aliphatic rings. The van der Waals surface area contributed by atoms with Gasteiger partial charge in [-0.2, -0.15) is 0 Å². The molecule has 1 heterocycles. The zero-order valence-corrected chi connectivity index (χ0v) is 7.05. The normalized spacial score (nSPS) is 27.0. The first-order valence-electron chi connectivity index (χ1n) is 4.10. The molecule has 0 aliphatic carbocycles. The van der Waals surface area contributed by atoms with Crippen molar-refractivity contribution in [3.63, 3.8) is 0 Å². The first-order chi connectivity index (χ1) is 5.24. The van der Waals surface area contributed by atoms with Crippen LogP contribution in [0.4, 0.5) is 0 Å². The summed E-state index contributed by atoms with van der Waals surface area (Å²) < 4.78 is 0. The van der Waals surface area contributed by atoms with Crippen molar-refractivity contribution in [2.24, 2.45) is 5.92 Å². The Bertz CT molecular complexity index is 165. The molecule has 1 rings (SSSR count). The molecule has 0 aromatic rings. The number of carbonyl (C=O) groups is 1. The minimum Gasteiger partial charge on any atom is -0.299 e. The fourth-order valence-corrected chi connectivity index (χ4v) is 1.44. The summed E-state index contributed by atoms with van der Waals surface area (Å²) in [7, 11) is 0. The van der Waals surface area contributed by atoms with Crippen LogP contribution in [0.2, 0.25) is 0 Å². The van der Waals surface area contributed by atoms with Gasteiger partial charge in [0.25, 0.3) is 0 Å². The van der Waals surface area contributed by atoms with Gasteiger partial charge < -0.3 is 0 Å². The molecule has 0 aromatic heterocycles. The van der Waals surface area contributed by atoms with E-state index in [2.05, 4.69) is 11.5 Å². The van der Waals surface area contributed by atoms with Crippen LogP contribution < -0.4 is 0 Å². The minimum absolute atomic E-state index is 0.226. The summed E-state index contributed by atoms with van der Waals surface area (Å²) in [6.45, 7) is 8.40. The summed E-state index contributed by atoms with van der Waals surface area (Å²) >= 11 is 0. The van der Waals surface area contributed by atoms with Gasteiger partial charge in [0.2, 0.25) is 0 Å². The second-order valence-corrected chi connectivity index (χ2v) is 3.17. The number of nitrogens with zero attached hydrogens (tertiary/aromatic N) is 1. The van der Waals surface area contributed by atoms with Crippen molar-refractivity contribution < 1.29 is 4.79 Å². The molecule has 0 spiro atoms. The van der Waals surface area contributed by atoms with E-state index in [0.29, 0.717) is 5.78 Å². The maximum Gasteiger partial charge on any atom is 0.138 e. The van der Waals surface area contributed by atoms with E-state index in [1.165, 1.54) is 0 Å². The second kappa shape index (κ2) is 3.67. The first-order valence-corrected chi connectivity index (χ1v) is 4.10. The highest BCUT2D eigenvalue weighted by Crippen LogP contribution is 2.11. The fraction of sp³-hybridized carbons (Fsp3) is 0.667. The van der Waals surface area contributed by atoms with Crippen LogP contribution in [0.1, 0.15) is 13.3 Å². The zero-order chi connectivity index (χ0) is 8.27. The van der Waals surface area contributed by atoms with Gasteiger partial charge >= 0.3 is 0 Å². The van der Waals surface area contributed by atoms with Crippen LogP contribution in [-0.4, -0.2) is 30.3 Å². The van der Waals surface area contributed by atoms with Gasteiger partial charge in [-0.1, -0.05) is 13.0 Å². The standard InChI is InChI=1S/C9H15NO/c1-3-5-10-6-4-9(11)8(2)7-10/h3,8H,1,4-7H2,2H3. The van der Waals surface area contributed by atoms with E-state index in [1.54, 1.807) is 0 Å². The molecule has 1 fully saturated rings. The predicted molar refractivity (Wildman–Crippen MR) is 45.4 cm³/mol. The molecule has 1 aliphatic heterocycles. The summed E-state index contributed by atoms with van der Waals surface area (Å²) in [4.78, 5) is 13.4. The lowest BCUT2D eigenvalue weighted by molar-refractivity contribution is -0.125. The summed E-state index contributed by atoms with van der Waals surface area (Å²) in [5.41, 5.74) is 0. The summed E-state index contributed by atoms with van der Waals surface area (Å²) in [5.74, 6) is 0.633. The lowest BCUT2D eigenvalue weighted by Crippen LogP contribution is -2.39. The van der Waals surface area contributed by atoms with Crippen LogP contribution in [0.3, 0.4) is 0 Å². The van der Waals surface area contributed by atoms with Crippen LogP contribution in [-0.2, 0) is 4.79 Å². The Morgan fingerprint density at radius 1 is 1.82 bits per heavy atom. The molecule has 0 radical (unpaired) electrons. The largest absolute Gasteiger partial charge is 0.299 e. The van der Waals surface area contributed by atoms with Gasteiger partial charge in [-0.3, -0.25) is 9.69 Å². The highest BCUT2D eigenvalue weighted by molar-refractivity contribution is 5.81. The summed E-state index contributed by atoms with van der Waals surface area (Å²) in [6, 6.07) is 0. The van der Waals surface area contributed by atoms with Crippen molar-refractivity contribution in [1.82, 2.24) is 4.90 Å². The monoisotopic (exact) mass is 153 g/mol. The Morgan fingerprint density at radius 2 is 2.55 bits per heavy atom. The number of rotatable bonds is 2. The molecule has 2 heteroatoms. The average molecular weight is 153 g/mol. The maximum absolute atomic E-state index is 11.1. The van der Waals surface area contributed by atoms with Crippen LogP contribution in [0, 0.1) is 5.92 Å². The Balaban J connectivity index is 2.39. The molecule has 0 aromatic carbocycles. The first kappa shape index (κ1) is 8.47. The van der Waals surface area contributed by atoms with Crippen LogP contribution in [0.15, 0.2) is 12.7 Å². The molecule has 0 saturated carbocycles. The highest BCUT2D eigenvalue weighted by Gasteiger charge is 2.21. The Hall–Kier alpha value is -0.630. The van der Waals surface area contributed by atoms with Crippen molar-refractivity contribution in [3.8, 4) is 0 Å². The number of hydrogen-bond donors (Lipinski definition) is 0. The van der Waals surface area contributed by atoms with E-state index in [9.17, 15) is 4.79 Å². The lowest BCUT2D eigenvalue weighted by Gasteiger charge is -2.28. The average Bonchev–Trinajstić information content (AvgIpc) is 1.98. The molecule has 0 bridgehead atoms. The van der Waals surface area contributed by atoms with Gasteiger partial charge in [-0.25, -0.2) is 0 Å². The molecule has 2 nitrogen and oxygen atoms in total. The van der Waals surface area contributed by atoms with E-state index < -0.39 is 0 Å². The Labute approximate surface area is 67.9 Å². The molecule has 1 unspecified atom stereocenters. The molecule has 11 heavy (non-hydrogen) atoms. The van der Waals surface area contributed by atoms with Gasteiger partial charge in [-0.15, -0.1) is 6.58 Å². The number of likely N-dealkylation sites (tertiary alicyclic amines) is 1. The molecule has 1 atom stereocenters. The van der Waals surface area contributed by atoms with Crippen molar-refractivity contribution in [2.45, 2.75) is 13.3 Å². The van der Waals surface area contributed by atoms with Crippen molar-refractivity contribution in [2.75, 3.05) is 19.6 Å². The molecule has 0 N–H and O–H groups in total. The molecular formula is C9H15NO. The molecule has 0 amide bonds. The van der Waals surface area contributed by atoms with E-state index >= 15 is 0 Å². The molecular weight excluding hydrogens is 138 g/mol. The van der Waals surface area contributed by atoms with Crippen LogP contribution in [0.25, 0.3) is 0 Å². The Morgan fingerprint density at radius 3 is 3.09 bits per heavy atom. The van der Waals surface area contributed by atoms with Crippen molar-refractivity contribution >= 4 is 5.78 Å². The fourth-order valence-electron chi connectivity index (χ4n) is 1.44. The summed E-state index contributed by atoms with van der Waals surface area (Å²) in [6.07, 6.45) is 2.61. The number of Topliss-reactive ketones (excluding diaryl/α,β-unsaturated/α-hetero) is 1. The van der Waals surface area contributed by atoms with Gasteiger partial charge in [0.05, 0.1) is 0 Å². The van der Waals surface area contributed by atoms with Crippen LogP contribution in [0.5, 0.6) is 0 Å². The third-order valence-corrected chi connectivity index (χ3v) is 2.14. The quantitative estimate of drug-likeness (QED) is 0.553. The van der Waals surface area contributed by atoms with Crippen molar-refractivity contribution in [3.05, 3.63) is 12.7 Å². The maximum atomic E-state index is 11.1. The van der Waals surface area contributed by atoms with Gasteiger partial charge in [0.15, 0.2) is 0 Å². The smallest absolute Gasteiger partial charge is 0.138 e. The minimum atomic E-state index is 0.226. The van der Waals surface area contributed by atoms with Gasteiger partial charge in [-0.05, 0) is 0 Å². The Kier molecular flexibility index (Phi) is 2.83. The molecule has 1 saturated heterocycles. The van der Waals surface area contributed by atoms with E-state index in [4.69, 9.17) is 0 Å². The summed E-state index contributed by atoms with van der Waals surface area (Å²) in [5, 5.41) is 0. The van der Waals surface area contributed by atoms with Gasteiger partial charge in [0, 0.05) is 32.0 Å². The number of carbonyl (C=O) groups excluding carboxylic acids is 1. The van der Waals surface area contributed by atoms with E-state index in [-0.39, 0.29) is 5.92 Å². The predicted octanol–water partition coefficient (Wildman–Crippen LogP) is 1.08. The van der Waals surface area contributed by atoms with E-state index in [1.807, 2.05) is 13.0 Å². The highest BCUT2D eigenvalue weighted by atomic mass is 16.1. The van der Waals surface area contributed by atoms with Crippen molar-refractivity contribution in [1.29, 1.82) is 0 Å². The van der Waals surface area contributed by atoms with Gasteiger partial charge in [0.1, 0.15) is 5.78 Å². The number of piperidine rings is 1. The third-order valence-electron chi connectivity index (χ3n) is 2.14. The lowest BCUT2D eigenvalue weighted by atomic mass is 9.99. The third kappa shape index (κ3) is 2.15.